The third-order valence-corrected chi connectivity index (χ3v) is 2.83. The van der Waals surface area contributed by atoms with Gasteiger partial charge in [0.1, 0.15) is 0 Å². The van der Waals surface area contributed by atoms with Gasteiger partial charge in [-0.05, 0) is 37.6 Å². The van der Waals surface area contributed by atoms with Crippen LogP contribution in [-0.4, -0.2) is 39.1 Å². The minimum absolute atomic E-state index is 0.0112. The topological polar surface area (TPSA) is 56.8 Å². The summed E-state index contributed by atoms with van der Waals surface area (Å²) >= 11 is 0. The lowest BCUT2D eigenvalue weighted by Crippen LogP contribution is -2.33. The van der Waals surface area contributed by atoms with Crippen LogP contribution in [0.15, 0.2) is 24.3 Å². The van der Waals surface area contributed by atoms with Gasteiger partial charge in [0.05, 0.1) is 18.2 Å². The zero-order valence-corrected chi connectivity index (χ0v) is 12.5. The van der Waals surface area contributed by atoms with Crippen molar-refractivity contribution in [3.63, 3.8) is 0 Å². The first-order chi connectivity index (χ1) is 9.62. The first-order valence-electron chi connectivity index (χ1n) is 6.71. The van der Waals surface area contributed by atoms with Crippen molar-refractivity contribution < 1.29 is 19.0 Å². The van der Waals surface area contributed by atoms with Crippen molar-refractivity contribution in [2.45, 2.75) is 32.6 Å². The first kappa shape index (κ1) is 16.5. The van der Waals surface area contributed by atoms with E-state index in [-0.39, 0.29) is 18.3 Å². The van der Waals surface area contributed by atoms with E-state index in [9.17, 15) is 4.79 Å². The SMILES string of the molecule is CCCOC(=O)c1ccc(NC(C)C(OC)OC)cc1. The molecule has 1 unspecified atom stereocenters. The Bertz CT molecular complexity index is 401. The summed E-state index contributed by atoms with van der Waals surface area (Å²) in [5, 5.41) is 3.25. The zero-order chi connectivity index (χ0) is 15.0. The highest BCUT2D eigenvalue weighted by Crippen LogP contribution is 2.14. The Morgan fingerprint density at radius 3 is 2.30 bits per heavy atom. The van der Waals surface area contributed by atoms with Gasteiger partial charge in [0.25, 0.3) is 0 Å². The second kappa shape index (κ2) is 8.55. The third-order valence-electron chi connectivity index (χ3n) is 2.83. The fourth-order valence-corrected chi connectivity index (χ4v) is 1.82. The summed E-state index contributed by atoms with van der Waals surface area (Å²) in [4.78, 5) is 11.7. The van der Waals surface area contributed by atoms with Crippen LogP contribution in [0.4, 0.5) is 5.69 Å². The Balaban J connectivity index is 2.60. The molecule has 1 N–H and O–H groups in total. The van der Waals surface area contributed by atoms with Gasteiger partial charge in [-0.2, -0.15) is 0 Å². The molecular weight excluding hydrogens is 258 g/mol. The molecule has 0 aliphatic rings. The van der Waals surface area contributed by atoms with Gasteiger partial charge in [0.15, 0.2) is 6.29 Å². The minimum Gasteiger partial charge on any atom is -0.462 e. The summed E-state index contributed by atoms with van der Waals surface area (Å²) in [6.45, 7) is 4.37. The second-order valence-electron chi connectivity index (χ2n) is 4.49. The van der Waals surface area contributed by atoms with E-state index in [0.29, 0.717) is 12.2 Å². The molecule has 0 aliphatic heterocycles. The number of nitrogens with one attached hydrogen (secondary N) is 1. The molecule has 0 saturated heterocycles. The predicted molar refractivity (Wildman–Crippen MR) is 77.9 cm³/mol. The van der Waals surface area contributed by atoms with E-state index in [1.54, 1.807) is 26.4 Å². The maximum absolute atomic E-state index is 11.7. The average Bonchev–Trinajstić information content (AvgIpc) is 2.46. The van der Waals surface area contributed by atoms with Crippen LogP contribution < -0.4 is 5.32 Å². The summed E-state index contributed by atoms with van der Waals surface area (Å²) in [5.41, 5.74) is 1.44. The number of anilines is 1. The molecule has 1 aromatic carbocycles. The van der Waals surface area contributed by atoms with E-state index >= 15 is 0 Å². The van der Waals surface area contributed by atoms with Gasteiger partial charge >= 0.3 is 5.97 Å². The van der Waals surface area contributed by atoms with Crippen molar-refractivity contribution in [2.24, 2.45) is 0 Å². The Morgan fingerprint density at radius 2 is 1.80 bits per heavy atom. The van der Waals surface area contributed by atoms with E-state index in [2.05, 4.69) is 5.32 Å². The van der Waals surface area contributed by atoms with E-state index in [1.807, 2.05) is 26.0 Å². The molecule has 0 saturated carbocycles. The number of methoxy groups -OCH3 is 2. The fourth-order valence-electron chi connectivity index (χ4n) is 1.82. The van der Waals surface area contributed by atoms with E-state index in [0.717, 1.165) is 12.1 Å². The molecule has 5 heteroatoms. The molecule has 0 aliphatic carbocycles. The molecule has 0 amide bonds. The largest absolute Gasteiger partial charge is 0.462 e. The Morgan fingerprint density at radius 1 is 1.20 bits per heavy atom. The third kappa shape index (κ3) is 4.83. The molecule has 1 rings (SSSR count). The normalized spacial score (nSPS) is 12.2. The molecule has 0 radical (unpaired) electrons. The first-order valence-corrected chi connectivity index (χ1v) is 6.71. The number of hydrogen-bond acceptors (Lipinski definition) is 5. The molecule has 0 heterocycles. The summed E-state index contributed by atoms with van der Waals surface area (Å²) in [5.74, 6) is -0.293. The van der Waals surface area contributed by atoms with Gasteiger partial charge in [-0.15, -0.1) is 0 Å². The molecule has 112 valence electrons. The summed E-state index contributed by atoms with van der Waals surface area (Å²) in [7, 11) is 3.19. The lowest BCUT2D eigenvalue weighted by Gasteiger charge is -2.23. The Kier molecular flexibility index (Phi) is 7.04. The lowest BCUT2D eigenvalue weighted by atomic mass is 10.2. The molecule has 0 fully saturated rings. The molecule has 20 heavy (non-hydrogen) atoms. The standard InChI is InChI=1S/C15H23NO4/c1-5-10-20-14(17)12-6-8-13(9-7-12)16-11(2)15(18-3)19-4/h6-9,11,15-16H,5,10H2,1-4H3. The zero-order valence-electron chi connectivity index (χ0n) is 12.5. The monoisotopic (exact) mass is 281 g/mol. The Labute approximate surface area is 120 Å². The molecule has 0 aromatic heterocycles. The van der Waals surface area contributed by atoms with E-state index < -0.39 is 0 Å². The summed E-state index contributed by atoms with van der Waals surface area (Å²) in [6, 6.07) is 7.13. The van der Waals surface area contributed by atoms with Crippen molar-refractivity contribution in [1.82, 2.24) is 0 Å². The van der Waals surface area contributed by atoms with Crippen molar-refractivity contribution >= 4 is 11.7 Å². The van der Waals surface area contributed by atoms with Crippen LogP contribution in [-0.2, 0) is 14.2 Å². The number of carbonyl (C=O) groups is 1. The molecule has 0 bridgehead atoms. The van der Waals surface area contributed by atoms with Crippen LogP contribution in [0.3, 0.4) is 0 Å². The van der Waals surface area contributed by atoms with Gasteiger partial charge in [-0.3, -0.25) is 0 Å². The number of benzene rings is 1. The highest BCUT2D eigenvalue weighted by Gasteiger charge is 2.15. The quantitative estimate of drug-likeness (QED) is 0.586. The fraction of sp³-hybridized carbons (Fsp3) is 0.533. The van der Waals surface area contributed by atoms with Gasteiger partial charge < -0.3 is 19.5 Å². The summed E-state index contributed by atoms with van der Waals surface area (Å²) < 4.78 is 15.4. The molecule has 1 atom stereocenters. The Hall–Kier alpha value is -1.59. The van der Waals surface area contributed by atoms with Crippen LogP contribution in [0.5, 0.6) is 0 Å². The predicted octanol–water partition coefficient (Wildman–Crippen LogP) is 2.67. The van der Waals surface area contributed by atoms with Gasteiger partial charge in [0.2, 0.25) is 0 Å². The highest BCUT2D eigenvalue weighted by atomic mass is 16.7. The number of hydrogen-bond donors (Lipinski definition) is 1. The molecule has 1 aromatic rings. The highest BCUT2D eigenvalue weighted by molar-refractivity contribution is 5.89. The number of rotatable bonds is 8. The van der Waals surface area contributed by atoms with Crippen LogP contribution in [0.25, 0.3) is 0 Å². The second-order valence-corrected chi connectivity index (χ2v) is 4.49. The minimum atomic E-state index is -0.329. The van der Waals surface area contributed by atoms with E-state index in [4.69, 9.17) is 14.2 Å². The van der Waals surface area contributed by atoms with Gasteiger partial charge in [-0.1, -0.05) is 6.92 Å². The van der Waals surface area contributed by atoms with E-state index in [1.165, 1.54) is 0 Å². The van der Waals surface area contributed by atoms with Crippen molar-refractivity contribution in [3.05, 3.63) is 29.8 Å². The smallest absolute Gasteiger partial charge is 0.338 e. The van der Waals surface area contributed by atoms with Crippen LogP contribution in [0, 0.1) is 0 Å². The number of esters is 1. The maximum atomic E-state index is 11.7. The van der Waals surface area contributed by atoms with Crippen molar-refractivity contribution in [2.75, 3.05) is 26.1 Å². The van der Waals surface area contributed by atoms with Gasteiger partial charge in [-0.25, -0.2) is 4.79 Å². The van der Waals surface area contributed by atoms with Crippen molar-refractivity contribution in [3.8, 4) is 0 Å². The lowest BCUT2D eigenvalue weighted by molar-refractivity contribution is -0.109. The van der Waals surface area contributed by atoms with Crippen LogP contribution in [0.1, 0.15) is 30.6 Å². The average molecular weight is 281 g/mol. The van der Waals surface area contributed by atoms with Crippen molar-refractivity contribution in [1.29, 1.82) is 0 Å². The molecular formula is C15H23NO4. The molecule has 0 spiro atoms. The maximum Gasteiger partial charge on any atom is 0.338 e. The number of ether oxygens (including phenoxy) is 3. The van der Waals surface area contributed by atoms with Gasteiger partial charge in [0, 0.05) is 19.9 Å². The van der Waals surface area contributed by atoms with Crippen LogP contribution in [0.2, 0.25) is 0 Å². The van der Waals surface area contributed by atoms with Crippen LogP contribution >= 0.6 is 0 Å². The summed E-state index contributed by atoms with van der Waals surface area (Å²) in [6.07, 6.45) is 0.488. The molecule has 5 nitrogen and oxygen atoms in total. The number of carbonyl (C=O) groups excluding carboxylic acids is 1.